The van der Waals surface area contributed by atoms with Crippen LogP contribution < -0.4 is 15.6 Å². The maximum absolute atomic E-state index is 11.9. The molecular formula is C19H25N3O2. The van der Waals surface area contributed by atoms with Crippen LogP contribution in [0.2, 0.25) is 0 Å². The Bertz CT molecular complexity index is 765. The zero-order chi connectivity index (χ0) is 17.3. The summed E-state index contributed by atoms with van der Waals surface area (Å²) in [6, 6.07) is 8.82. The second-order valence-corrected chi connectivity index (χ2v) is 6.53. The maximum atomic E-state index is 11.9. The van der Waals surface area contributed by atoms with Crippen LogP contribution in [0.15, 0.2) is 35.3 Å². The average Bonchev–Trinajstić information content (AvgIpc) is 2.55. The van der Waals surface area contributed by atoms with Crippen LogP contribution in [0.1, 0.15) is 11.1 Å². The highest BCUT2D eigenvalue weighted by Crippen LogP contribution is 2.29. The predicted octanol–water partition coefficient (Wildman–Crippen LogP) is 1.77. The van der Waals surface area contributed by atoms with Crippen LogP contribution >= 0.6 is 0 Å². The van der Waals surface area contributed by atoms with Gasteiger partial charge >= 0.3 is 0 Å². The van der Waals surface area contributed by atoms with Crippen molar-refractivity contribution in [1.29, 1.82) is 0 Å². The van der Waals surface area contributed by atoms with Gasteiger partial charge in [-0.2, -0.15) is 0 Å². The van der Waals surface area contributed by atoms with E-state index in [2.05, 4.69) is 28.4 Å². The molecule has 5 heteroatoms. The third-order valence-electron chi connectivity index (χ3n) is 4.74. The van der Waals surface area contributed by atoms with Crippen LogP contribution in [0, 0.1) is 6.92 Å². The van der Waals surface area contributed by atoms with Gasteiger partial charge in [0, 0.05) is 50.0 Å². The molecule has 0 spiro atoms. The van der Waals surface area contributed by atoms with Crippen molar-refractivity contribution in [2.45, 2.75) is 19.5 Å². The SMILES string of the molecule is CNC1CN(Cc2ccc(-c3cc(C)c(=O)n(C)c3)cc2OC)C1. The molecule has 0 bridgehead atoms. The second-order valence-electron chi connectivity index (χ2n) is 6.53. The lowest BCUT2D eigenvalue weighted by molar-refractivity contribution is 0.122. The number of nitrogens with one attached hydrogen (secondary N) is 1. The number of ether oxygens (including phenoxy) is 1. The van der Waals surface area contributed by atoms with E-state index < -0.39 is 0 Å². The lowest BCUT2D eigenvalue weighted by atomic mass is 10.0. The standard InChI is InChI=1S/C19H25N3O2/c1-13-7-16(9-21(3)19(13)23)14-5-6-15(18(8-14)24-4)10-22-11-17(12-22)20-2/h5-9,17,20H,10-12H2,1-4H3. The van der Waals surface area contributed by atoms with Gasteiger partial charge in [0.2, 0.25) is 0 Å². The summed E-state index contributed by atoms with van der Waals surface area (Å²) in [4.78, 5) is 14.3. The summed E-state index contributed by atoms with van der Waals surface area (Å²) >= 11 is 0. The van der Waals surface area contributed by atoms with Gasteiger partial charge in [-0.15, -0.1) is 0 Å². The van der Waals surface area contributed by atoms with Gasteiger partial charge in [-0.1, -0.05) is 12.1 Å². The lowest BCUT2D eigenvalue weighted by Crippen LogP contribution is -2.56. The molecule has 1 fully saturated rings. The Balaban J connectivity index is 1.85. The molecule has 1 aromatic heterocycles. The molecule has 5 nitrogen and oxygen atoms in total. The van der Waals surface area contributed by atoms with Crippen LogP contribution in [0.5, 0.6) is 5.75 Å². The smallest absolute Gasteiger partial charge is 0.253 e. The molecule has 1 aromatic carbocycles. The van der Waals surface area contributed by atoms with Gasteiger partial charge in [0.1, 0.15) is 5.75 Å². The van der Waals surface area contributed by atoms with Gasteiger partial charge in [0.05, 0.1) is 7.11 Å². The third-order valence-corrected chi connectivity index (χ3v) is 4.74. The Morgan fingerprint density at radius 3 is 2.62 bits per heavy atom. The van der Waals surface area contributed by atoms with E-state index in [9.17, 15) is 4.79 Å². The molecule has 0 saturated carbocycles. The summed E-state index contributed by atoms with van der Waals surface area (Å²) in [5.74, 6) is 0.895. The molecule has 0 atom stereocenters. The molecule has 1 saturated heterocycles. The van der Waals surface area contributed by atoms with E-state index in [4.69, 9.17) is 4.74 Å². The fraction of sp³-hybridized carbons (Fsp3) is 0.421. The molecule has 0 amide bonds. The summed E-state index contributed by atoms with van der Waals surface area (Å²) in [7, 11) is 5.50. The second kappa shape index (κ2) is 6.79. The minimum absolute atomic E-state index is 0.0409. The molecule has 2 aromatic rings. The minimum atomic E-state index is 0.0409. The van der Waals surface area contributed by atoms with Crippen molar-refractivity contribution in [2.75, 3.05) is 27.2 Å². The van der Waals surface area contributed by atoms with E-state index >= 15 is 0 Å². The largest absolute Gasteiger partial charge is 0.496 e. The van der Waals surface area contributed by atoms with Gasteiger partial charge in [-0.3, -0.25) is 9.69 Å². The van der Waals surface area contributed by atoms with Crippen LogP contribution in [0.4, 0.5) is 0 Å². The van der Waals surface area contributed by atoms with Gasteiger partial charge in [-0.25, -0.2) is 0 Å². The van der Waals surface area contributed by atoms with Gasteiger partial charge in [-0.05, 0) is 37.2 Å². The number of aromatic nitrogens is 1. The van der Waals surface area contributed by atoms with E-state index in [0.717, 1.165) is 42.1 Å². The monoisotopic (exact) mass is 327 g/mol. The van der Waals surface area contributed by atoms with Gasteiger partial charge in [0.25, 0.3) is 5.56 Å². The summed E-state index contributed by atoms with van der Waals surface area (Å²) in [5.41, 5.74) is 4.07. The highest BCUT2D eigenvalue weighted by atomic mass is 16.5. The molecule has 1 N–H and O–H groups in total. The molecular weight excluding hydrogens is 302 g/mol. The first-order valence-corrected chi connectivity index (χ1v) is 8.26. The fourth-order valence-corrected chi connectivity index (χ4v) is 3.21. The van der Waals surface area contributed by atoms with E-state index in [0.29, 0.717) is 6.04 Å². The quantitative estimate of drug-likeness (QED) is 0.909. The molecule has 0 unspecified atom stereocenters. The molecule has 2 heterocycles. The van der Waals surface area contributed by atoms with Crippen molar-refractivity contribution >= 4 is 0 Å². The van der Waals surface area contributed by atoms with Crippen LogP contribution in [0.25, 0.3) is 11.1 Å². The number of hydrogen-bond acceptors (Lipinski definition) is 4. The number of nitrogens with zero attached hydrogens (tertiary/aromatic N) is 2. The van der Waals surface area contributed by atoms with Crippen molar-refractivity contribution in [3.63, 3.8) is 0 Å². The van der Waals surface area contributed by atoms with Crippen LogP contribution in [-0.2, 0) is 13.6 Å². The first-order valence-electron chi connectivity index (χ1n) is 8.26. The highest BCUT2D eigenvalue weighted by Gasteiger charge is 2.25. The Labute approximate surface area is 142 Å². The normalized spacial score (nSPS) is 15.3. The number of pyridine rings is 1. The van der Waals surface area contributed by atoms with Crippen molar-refractivity contribution in [3.05, 3.63) is 51.9 Å². The van der Waals surface area contributed by atoms with E-state index in [1.54, 1.807) is 18.7 Å². The number of hydrogen-bond donors (Lipinski definition) is 1. The Morgan fingerprint density at radius 2 is 2.00 bits per heavy atom. The minimum Gasteiger partial charge on any atom is -0.496 e. The van der Waals surface area contributed by atoms with Crippen molar-refractivity contribution < 1.29 is 4.74 Å². The number of benzene rings is 1. The van der Waals surface area contributed by atoms with Crippen LogP contribution in [-0.4, -0.2) is 42.8 Å². The Kier molecular flexibility index (Phi) is 4.73. The maximum Gasteiger partial charge on any atom is 0.253 e. The zero-order valence-electron chi connectivity index (χ0n) is 14.8. The molecule has 128 valence electrons. The molecule has 0 aliphatic carbocycles. The predicted molar refractivity (Wildman–Crippen MR) is 96.5 cm³/mol. The number of aryl methyl sites for hydroxylation is 2. The first-order chi connectivity index (χ1) is 11.5. The summed E-state index contributed by atoms with van der Waals surface area (Å²) in [5, 5.41) is 3.29. The van der Waals surface area contributed by atoms with Crippen molar-refractivity contribution in [1.82, 2.24) is 14.8 Å². The van der Waals surface area contributed by atoms with E-state index in [-0.39, 0.29) is 5.56 Å². The highest BCUT2D eigenvalue weighted by molar-refractivity contribution is 5.66. The topological polar surface area (TPSA) is 46.5 Å². The third kappa shape index (κ3) is 3.23. The zero-order valence-corrected chi connectivity index (χ0v) is 14.8. The van der Waals surface area contributed by atoms with E-state index in [1.165, 1.54) is 5.56 Å². The molecule has 1 aliphatic heterocycles. The molecule has 0 radical (unpaired) electrons. The van der Waals surface area contributed by atoms with Gasteiger partial charge < -0.3 is 14.6 Å². The van der Waals surface area contributed by atoms with Crippen LogP contribution in [0.3, 0.4) is 0 Å². The molecule has 1 aliphatic rings. The van der Waals surface area contributed by atoms with Crippen molar-refractivity contribution in [2.24, 2.45) is 7.05 Å². The fourth-order valence-electron chi connectivity index (χ4n) is 3.21. The average molecular weight is 327 g/mol. The van der Waals surface area contributed by atoms with Gasteiger partial charge in [0.15, 0.2) is 0 Å². The number of rotatable bonds is 5. The molecule has 24 heavy (non-hydrogen) atoms. The summed E-state index contributed by atoms with van der Waals surface area (Å²) < 4.78 is 7.23. The first kappa shape index (κ1) is 16.7. The van der Waals surface area contributed by atoms with E-state index in [1.807, 2.05) is 26.2 Å². The number of likely N-dealkylation sites (N-methyl/N-ethyl adjacent to an activating group) is 1. The lowest BCUT2D eigenvalue weighted by Gasteiger charge is -2.39. The van der Waals surface area contributed by atoms with Crippen molar-refractivity contribution in [3.8, 4) is 16.9 Å². The summed E-state index contributed by atoms with van der Waals surface area (Å²) in [6.07, 6.45) is 1.87. The Morgan fingerprint density at radius 1 is 1.25 bits per heavy atom. The summed E-state index contributed by atoms with van der Waals surface area (Å²) in [6.45, 7) is 4.89. The Hall–Kier alpha value is -2.11. The number of likely N-dealkylation sites (tertiary alicyclic amines) is 1. The number of methoxy groups -OCH3 is 1. The molecule has 3 rings (SSSR count).